The summed E-state index contributed by atoms with van der Waals surface area (Å²) in [6.45, 7) is 5.75. The average molecular weight is 202 g/mol. The van der Waals surface area contributed by atoms with Crippen molar-refractivity contribution in [1.29, 1.82) is 0 Å². The van der Waals surface area contributed by atoms with Crippen LogP contribution in [0.15, 0.2) is 0 Å². The van der Waals surface area contributed by atoms with Crippen LogP contribution in [-0.2, 0) is 19.4 Å². The molecule has 4 heteroatoms. The molecule has 0 aromatic carbocycles. The summed E-state index contributed by atoms with van der Waals surface area (Å²) in [5.74, 6) is -0.773. The van der Waals surface area contributed by atoms with Gasteiger partial charge in [-0.25, -0.2) is 19.4 Å². The van der Waals surface area contributed by atoms with E-state index in [4.69, 9.17) is 0 Å². The van der Waals surface area contributed by atoms with Crippen LogP contribution >= 0.6 is 0 Å². The number of carbonyl (C=O) groups excluding carboxylic acids is 2. The predicted octanol–water partition coefficient (Wildman–Crippen LogP) is 2.22. The van der Waals surface area contributed by atoms with Gasteiger partial charge in [0, 0.05) is 0 Å². The van der Waals surface area contributed by atoms with Gasteiger partial charge in [-0.2, -0.15) is 0 Å². The van der Waals surface area contributed by atoms with Crippen LogP contribution in [0, 0.1) is 5.92 Å². The third-order valence-electron chi connectivity index (χ3n) is 1.54. The lowest BCUT2D eigenvalue weighted by Gasteiger charge is -2.04. The molecule has 14 heavy (non-hydrogen) atoms. The quantitative estimate of drug-likeness (QED) is 0.506. The Morgan fingerprint density at radius 3 is 2.21 bits per heavy atom. The highest BCUT2D eigenvalue weighted by atomic mass is 17.2. The maximum atomic E-state index is 10.9. The number of carbonyl (C=O) groups is 2. The molecule has 82 valence electrons. The zero-order chi connectivity index (χ0) is 11.0. The van der Waals surface area contributed by atoms with Crippen molar-refractivity contribution in [3.8, 4) is 0 Å². The van der Waals surface area contributed by atoms with Gasteiger partial charge in [-0.05, 0) is 12.3 Å². The van der Waals surface area contributed by atoms with Gasteiger partial charge in [0.2, 0.25) is 0 Å². The van der Waals surface area contributed by atoms with Crippen LogP contribution in [0.5, 0.6) is 0 Å². The molecule has 0 bridgehead atoms. The number of hydrogen-bond donors (Lipinski definition) is 0. The van der Waals surface area contributed by atoms with Crippen molar-refractivity contribution in [2.75, 3.05) is 0 Å². The van der Waals surface area contributed by atoms with Crippen LogP contribution in [0.25, 0.3) is 0 Å². The number of hydrogen-bond acceptors (Lipinski definition) is 4. The molecule has 0 rings (SSSR count). The SMILES string of the molecule is CCCCC(=O)OOC(=O)CC(C)C. The smallest absolute Gasteiger partial charge is 0.247 e. The van der Waals surface area contributed by atoms with Crippen molar-refractivity contribution in [2.24, 2.45) is 5.92 Å². The highest BCUT2D eigenvalue weighted by Gasteiger charge is 2.10. The zero-order valence-corrected chi connectivity index (χ0v) is 9.04. The summed E-state index contributed by atoms with van der Waals surface area (Å²) >= 11 is 0. The molecular formula is C10H18O4. The summed E-state index contributed by atoms with van der Waals surface area (Å²) in [6, 6.07) is 0. The predicted molar refractivity (Wildman–Crippen MR) is 51.2 cm³/mol. The molecule has 0 atom stereocenters. The highest BCUT2D eigenvalue weighted by molar-refractivity contribution is 5.72. The van der Waals surface area contributed by atoms with Crippen LogP contribution in [-0.4, -0.2) is 11.9 Å². The van der Waals surface area contributed by atoms with Crippen LogP contribution in [0.3, 0.4) is 0 Å². The molecule has 0 aromatic rings. The molecule has 0 amide bonds. The third kappa shape index (κ3) is 7.58. The maximum Gasteiger partial charge on any atom is 0.355 e. The fourth-order valence-electron chi connectivity index (χ4n) is 0.823. The average Bonchev–Trinajstić information content (AvgIpc) is 2.10. The first kappa shape index (κ1) is 12.9. The second kappa shape index (κ2) is 7.35. The Kier molecular flexibility index (Phi) is 6.80. The monoisotopic (exact) mass is 202 g/mol. The molecule has 0 aliphatic rings. The van der Waals surface area contributed by atoms with E-state index < -0.39 is 11.9 Å². The van der Waals surface area contributed by atoms with Gasteiger partial charge in [-0.3, -0.25) is 0 Å². The summed E-state index contributed by atoms with van der Waals surface area (Å²) < 4.78 is 0. The van der Waals surface area contributed by atoms with Crippen molar-refractivity contribution in [3.05, 3.63) is 0 Å². The van der Waals surface area contributed by atoms with Gasteiger partial charge < -0.3 is 0 Å². The van der Waals surface area contributed by atoms with E-state index in [1.54, 1.807) is 0 Å². The first-order valence-electron chi connectivity index (χ1n) is 4.96. The van der Waals surface area contributed by atoms with Crippen LogP contribution in [0.4, 0.5) is 0 Å². The van der Waals surface area contributed by atoms with E-state index in [1.165, 1.54) is 0 Å². The minimum atomic E-state index is -0.496. The zero-order valence-electron chi connectivity index (χ0n) is 9.04. The summed E-state index contributed by atoms with van der Waals surface area (Å²) in [4.78, 5) is 30.5. The Morgan fingerprint density at radius 2 is 1.71 bits per heavy atom. The summed E-state index contributed by atoms with van der Waals surface area (Å²) in [5, 5.41) is 0. The lowest BCUT2D eigenvalue weighted by Crippen LogP contribution is -2.12. The molecule has 4 nitrogen and oxygen atoms in total. The molecule has 0 aliphatic carbocycles. The van der Waals surface area contributed by atoms with Crippen molar-refractivity contribution in [1.82, 2.24) is 0 Å². The molecule has 0 fully saturated rings. The molecule has 0 N–H and O–H groups in total. The van der Waals surface area contributed by atoms with Crippen molar-refractivity contribution < 1.29 is 19.4 Å². The normalized spacial score (nSPS) is 10.0. The largest absolute Gasteiger partial charge is 0.355 e. The Balaban J connectivity index is 3.51. The Bertz CT molecular complexity index is 187. The fourth-order valence-corrected chi connectivity index (χ4v) is 0.823. The first-order chi connectivity index (χ1) is 6.56. The molecule has 0 saturated carbocycles. The molecular weight excluding hydrogens is 184 g/mol. The second-order valence-corrected chi connectivity index (χ2v) is 3.61. The van der Waals surface area contributed by atoms with E-state index in [-0.39, 0.29) is 12.3 Å². The Morgan fingerprint density at radius 1 is 1.14 bits per heavy atom. The highest BCUT2D eigenvalue weighted by Crippen LogP contribution is 2.02. The van der Waals surface area contributed by atoms with Gasteiger partial charge in [0.05, 0.1) is 12.8 Å². The third-order valence-corrected chi connectivity index (χ3v) is 1.54. The van der Waals surface area contributed by atoms with E-state index in [2.05, 4.69) is 9.78 Å². The minimum absolute atomic E-state index is 0.205. The summed E-state index contributed by atoms with van der Waals surface area (Å²) in [6.07, 6.45) is 2.22. The van der Waals surface area contributed by atoms with Crippen molar-refractivity contribution in [3.63, 3.8) is 0 Å². The summed E-state index contributed by atoms with van der Waals surface area (Å²) in [5.41, 5.74) is 0. The van der Waals surface area contributed by atoms with Crippen molar-refractivity contribution in [2.45, 2.75) is 46.5 Å². The Hall–Kier alpha value is -1.06. The fraction of sp³-hybridized carbons (Fsp3) is 0.800. The van der Waals surface area contributed by atoms with Crippen LogP contribution in [0.1, 0.15) is 46.5 Å². The molecule has 0 heterocycles. The van der Waals surface area contributed by atoms with Gasteiger partial charge in [0.25, 0.3) is 0 Å². The topological polar surface area (TPSA) is 52.6 Å². The van der Waals surface area contributed by atoms with E-state index in [9.17, 15) is 9.59 Å². The number of rotatable bonds is 5. The lowest BCUT2D eigenvalue weighted by atomic mass is 10.1. The molecule has 0 saturated heterocycles. The minimum Gasteiger partial charge on any atom is -0.247 e. The lowest BCUT2D eigenvalue weighted by molar-refractivity contribution is -0.259. The van der Waals surface area contributed by atoms with Gasteiger partial charge >= 0.3 is 11.9 Å². The van der Waals surface area contributed by atoms with Crippen LogP contribution in [0.2, 0.25) is 0 Å². The molecule has 0 unspecified atom stereocenters. The Labute approximate surface area is 84.5 Å². The van der Waals surface area contributed by atoms with E-state index in [0.29, 0.717) is 6.42 Å². The molecule has 0 radical (unpaired) electrons. The summed E-state index contributed by atoms with van der Waals surface area (Å²) in [7, 11) is 0. The van der Waals surface area contributed by atoms with Gasteiger partial charge in [0.1, 0.15) is 0 Å². The van der Waals surface area contributed by atoms with Crippen molar-refractivity contribution >= 4 is 11.9 Å². The van der Waals surface area contributed by atoms with Gasteiger partial charge in [-0.15, -0.1) is 0 Å². The van der Waals surface area contributed by atoms with E-state index in [0.717, 1.165) is 12.8 Å². The first-order valence-corrected chi connectivity index (χ1v) is 4.96. The second-order valence-electron chi connectivity index (χ2n) is 3.61. The molecule has 0 spiro atoms. The standard InChI is InChI=1S/C10H18O4/c1-4-5-6-9(11)13-14-10(12)7-8(2)3/h8H,4-7H2,1-3H3. The molecule has 0 aliphatic heterocycles. The van der Waals surface area contributed by atoms with Crippen LogP contribution < -0.4 is 0 Å². The van der Waals surface area contributed by atoms with Gasteiger partial charge in [-0.1, -0.05) is 27.2 Å². The van der Waals surface area contributed by atoms with E-state index >= 15 is 0 Å². The maximum absolute atomic E-state index is 10.9. The van der Waals surface area contributed by atoms with E-state index in [1.807, 2.05) is 20.8 Å². The number of unbranched alkanes of at least 4 members (excludes halogenated alkanes) is 1. The van der Waals surface area contributed by atoms with Gasteiger partial charge in [0.15, 0.2) is 0 Å². The molecule has 0 aromatic heterocycles.